The second-order valence-electron chi connectivity index (χ2n) is 7.15. The van der Waals surface area contributed by atoms with E-state index in [1.807, 2.05) is 6.07 Å². The Labute approximate surface area is 159 Å². The van der Waals surface area contributed by atoms with Crippen LogP contribution in [-0.2, 0) is 0 Å². The van der Waals surface area contributed by atoms with Crippen LogP contribution in [0.1, 0.15) is 39.0 Å². The second-order valence-corrected chi connectivity index (χ2v) is 8.01. The first-order valence-corrected chi connectivity index (χ1v) is 10.2. The van der Waals surface area contributed by atoms with E-state index in [0.717, 1.165) is 62.2 Å². The molecule has 0 amide bonds. The third kappa shape index (κ3) is 4.88. The van der Waals surface area contributed by atoms with E-state index in [1.54, 1.807) is 0 Å². The van der Waals surface area contributed by atoms with E-state index >= 15 is 0 Å². The third-order valence-electron chi connectivity index (χ3n) is 5.13. The molecular formula is C19H29BrN4O. The van der Waals surface area contributed by atoms with Crippen molar-refractivity contribution >= 4 is 27.6 Å². The zero-order valence-electron chi connectivity index (χ0n) is 15.0. The molecule has 0 radical (unpaired) electrons. The van der Waals surface area contributed by atoms with E-state index in [-0.39, 0.29) is 0 Å². The van der Waals surface area contributed by atoms with Gasteiger partial charge in [-0.1, -0.05) is 25.0 Å². The van der Waals surface area contributed by atoms with E-state index in [9.17, 15) is 5.11 Å². The molecule has 138 valence electrons. The molecule has 1 saturated carbocycles. The maximum absolute atomic E-state index is 10.5. The van der Waals surface area contributed by atoms with Crippen LogP contribution in [0.4, 0.5) is 5.69 Å². The molecule has 1 atom stereocenters. The number of hydrogen-bond acceptors (Lipinski definition) is 3. The van der Waals surface area contributed by atoms with Crippen LogP contribution in [0.3, 0.4) is 0 Å². The molecule has 3 N–H and O–H groups in total. The largest absolute Gasteiger partial charge is 0.388 e. The number of hydrogen-bond donors (Lipinski definition) is 3. The molecule has 1 aromatic rings. The zero-order chi connectivity index (χ0) is 17.7. The second kappa shape index (κ2) is 8.41. The number of guanidine groups is 1. The van der Waals surface area contributed by atoms with Crippen LogP contribution < -0.4 is 15.5 Å². The van der Waals surface area contributed by atoms with Crippen LogP contribution in [0.5, 0.6) is 0 Å². The molecule has 6 heteroatoms. The van der Waals surface area contributed by atoms with Crippen LogP contribution in [0.25, 0.3) is 0 Å². The van der Waals surface area contributed by atoms with Crippen LogP contribution in [-0.4, -0.2) is 48.9 Å². The van der Waals surface area contributed by atoms with Crippen molar-refractivity contribution in [2.45, 2.75) is 50.7 Å². The Morgan fingerprint density at radius 2 is 2.12 bits per heavy atom. The molecule has 1 heterocycles. The van der Waals surface area contributed by atoms with Crippen molar-refractivity contribution in [1.82, 2.24) is 10.6 Å². The van der Waals surface area contributed by atoms with Crippen LogP contribution in [0.2, 0.25) is 0 Å². The Balaban J connectivity index is 1.58. The fourth-order valence-corrected chi connectivity index (χ4v) is 4.27. The van der Waals surface area contributed by atoms with Gasteiger partial charge in [-0.05, 0) is 54.2 Å². The normalized spacial score (nSPS) is 23.1. The number of aliphatic imine (C=N–C) groups is 1. The summed E-state index contributed by atoms with van der Waals surface area (Å²) in [4.78, 5) is 7.06. The standard InChI is InChI=1S/C19H29BrN4O/c1-2-21-18(22-14-19(25)10-5-6-11-19)23-15-9-12-24(13-15)17-8-4-3-7-16(17)20/h3-4,7-8,15,25H,2,5-6,9-14H2,1H3,(H2,21,22,23). The molecule has 1 aliphatic heterocycles. The van der Waals surface area contributed by atoms with Gasteiger partial charge in [-0.3, -0.25) is 4.99 Å². The molecule has 1 unspecified atom stereocenters. The van der Waals surface area contributed by atoms with Gasteiger partial charge in [0.15, 0.2) is 5.96 Å². The summed E-state index contributed by atoms with van der Waals surface area (Å²) >= 11 is 3.64. The summed E-state index contributed by atoms with van der Waals surface area (Å²) in [6.45, 7) is 5.37. The highest BCUT2D eigenvalue weighted by atomic mass is 79.9. The number of halogens is 1. The van der Waals surface area contributed by atoms with Crippen molar-refractivity contribution in [3.05, 3.63) is 28.7 Å². The van der Waals surface area contributed by atoms with Gasteiger partial charge in [0.05, 0.1) is 17.8 Å². The summed E-state index contributed by atoms with van der Waals surface area (Å²) in [5.41, 5.74) is 0.646. The molecule has 25 heavy (non-hydrogen) atoms. The average molecular weight is 409 g/mol. The lowest BCUT2D eigenvalue weighted by Gasteiger charge is -2.23. The number of benzene rings is 1. The highest BCUT2D eigenvalue weighted by Gasteiger charge is 2.31. The molecule has 1 aliphatic carbocycles. The number of rotatable bonds is 5. The Morgan fingerprint density at radius 1 is 1.36 bits per heavy atom. The molecule has 2 fully saturated rings. The quantitative estimate of drug-likeness (QED) is 0.517. The first-order valence-electron chi connectivity index (χ1n) is 9.36. The first-order chi connectivity index (χ1) is 12.1. The van der Waals surface area contributed by atoms with Crippen molar-refractivity contribution in [2.24, 2.45) is 4.99 Å². The topological polar surface area (TPSA) is 59.9 Å². The van der Waals surface area contributed by atoms with E-state index in [0.29, 0.717) is 12.6 Å². The lowest BCUT2D eigenvalue weighted by atomic mass is 10.0. The molecule has 0 aromatic heterocycles. The number of para-hydroxylation sites is 1. The number of nitrogens with zero attached hydrogens (tertiary/aromatic N) is 2. The van der Waals surface area contributed by atoms with E-state index in [2.05, 4.69) is 61.6 Å². The maximum Gasteiger partial charge on any atom is 0.191 e. The lowest BCUT2D eigenvalue weighted by molar-refractivity contribution is 0.0574. The smallest absolute Gasteiger partial charge is 0.191 e. The van der Waals surface area contributed by atoms with E-state index in [1.165, 1.54) is 5.69 Å². The van der Waals surface area contributed by atoms with Gasteiger partial charge in [0.1, 0.15) is 0 Å². The van der Waals surface area contributed by atoms with Gasteiger partial charge in [-0.15, -0.1) is 0 Å². The SMILES string of the molecule is CCNC(=NCC1(O)CCCC1)NC1CCN(c2ccccc2Br)C1. The fourth-order valence-electron chi connectivity index (χ4n) is 3.74. The predicted octanol–water partition coefficient (Wildman–Crippen LogP) is 2.89. The summed E-state index contributed by atoms with van der Waals surface area (Å²) in [6, 6.07) is 8.73. The number of anilines is 1. The number of aliphatic hydroxyl groups is 1. The van der Waals surface area contributed by atoms with Crippen molar-refractivity contribution in [3.8, 4) is 0 Å². The zero-order valence-corrected chi connectivity index (χ0v) is 16.6. The predicted molar refractivity (Wildman–Crippen MR) is 107 cm³/mol. The van der Waals surface area contributed by atoms with Gasteiger partial charge >= 0.3 is 0 Å². The molecule has 1 aromatic carbocycles. The third-order valence-corrected chi connectivity index (χ3v) is 5.80. The van der Waals surface area contributed by atoms with Gasteiger partial charge in [0, 0.05) is 30.1 Å². The summed E-state index contributed by atoms with van der Waals surface area (Å²) in [5, 5.41) is 17.4. The van der Waals surface area contributed by atoms with E-state index < -0.39 is 5.60 Å². The van der Waals surface area contributed by atoms with Crippen LogP contribution in [0.15, 0.2) is 33.7 Å². The van der Waals surface area contributed by atoms with Gasteiger partial charge in [0.25, 0.3) is 0 Å². The van der Waals surface area contributed by atoms with Gasteiger partial charge in [-0.2, -0.15) is 0 Å². The van der Waals surface area contributed by atoms with Crippen molar-refractivity contribution < 1.29 is 5.11 Å². The monoisotopic (exact) mass is 408 g/mol. The molecule has 3 rings (SSSR count). The van der Waals surface area contributed by atoms with Crippen molar-refractivity contribution in [3.63, 3.8) is 0 Å². The Kier molecular flexibility index (Phi) is 6.23. The molecule has 0 spiro atoms. The number of nitrogens with one attached hydrogen (secondary N) is 2. The Morgan fingerprint density at radius 3 is 2.84 bits per heavy atom. The van der Waals surface area contributed by atoms with Crippen LogP contribution in [0, 0.1) is 0 Å². The minimum Gasteiger partial charge on any atom is -0.388 e. The maximum atomic E-state index is 10.5. The highest BCUT2D eigenvalue weighted by Crippen LogP contribution is 2.30. The molecule has 0 bridgehead atoms. The van der Waals surface area contributed by atoms with Gasteiger partial charge in [-0.25, -0.2) is 0 Å². The Hall–Kier alpha value is -1.27. The summed E-state index contributed by atoms with van der Waals surface area (Å²) < 4.78 is 1.14. The first kappa shape index (κ1) is 18.5. The summed E-state index contributed by atoms with van der Waals surface area (Å²) in [6.07, 6.45) is 5.04. The minimum absolute atomic E-state index is 0.364. The highest BCUT2D eigenvalue weighted by molar-refractivity contribution is 9.10. The fraction of sp³-hybridized carbons (Fsp3) is 0.632. The van der Waals surface area contributed by atoms with Crippen molar-refractivity contribution in [1.29, 1.82) is 0 Å². The van der Waals surface area contributed by atoms with Crippen molar-refractivity contribution in [2.75, 3.05) is 31.1 Å². The molecular weight excluding hydrogens is 380 g/mol. The molecule has 5 nitrogen and oxygen atoms in total. The summed E-state index contributed by atoms with van der Waals surface area (Å²) in [5.74, 6) is 0.821. The van der Waals surface area contributed by atoms with Crippen LogP contribution >= 0.6 is 15.9 Å². The minimum atomic E-state index is -0.598. The Bertz CT molecular complexity index is 601. The average Bonchev–Trinajstić information content (AvgIpc) is 3.23. The summed E-state index contributed by atoms with van der Waals surface area (Å²) in [7, 11) is 0. The lowest BCUT2D eigenvalue weighted by Crippen LogP contribution is -2.45. The molecule has 2 aliphatic rings. The van der Waals surface area contributed by atoms with E-state index in [4.69, 9.17) is 0 Å². The molecule has 1 saturated heterocycles. The van der Waals surface area contributed by atoms with Gasteiger partial charge < -0.3 is 20.6 Å². The van der Waals surface area contributed by atoms with Gasteiger partial charge in [0.2, 0.25) is 0 Å².